The van der Waals surface area contributed by atoms with Gasteiger partial charge in [-0.3, -0.25) is 10.3 Å². The minimum atomic E-state index is -0.290. The van der Waals surface area contributed by atoms with Gasteiger partial charge >= 0.3 is 0 Å². The number of benzene rings is 2. The Labute approximate surface area is 168 Å². The molecule has 0 aliphatic heterocycles. The van der Waals surface area contributed by atoms with Gasteiger partial charge in [0.2, 0.25) is 0 Å². The molecule has 0 unspecified atom stereocenters. The Kier molecular flexibility index (Phi) is 5.14. The van der Waals surface area contributed by atoms with Gasteiger partial charge in [0.25, 0.3) is 0 Å². The van der Waals surface area contributed by atoms with E-state index in [-0.39, 0.29) is 5.82 Å². The highest BCUT2D eigenvalue weighted by Crippen LogP contribution is 2.23. The van der Waals surface area contributed by atoms with Crippen LogP contribution in [0.5, 0.6) is 0 Å². The molecule has 0 radical (unpaired) electrons. The lowest BCUT2D eigenvalue weighted by Crippen LogP contribution is -2.08. The van der Waals surface area contributed by atoms with Crippen molar-refractivity contribution in [2.24, 2.45) is 0 Å². The van der Waals surface area contributed by atoms with Gasteiger partial charge in [-0.25, -0.2) is 14.1 Å². The fourth-order valence-electron chi connectivity index (χ4n) is 3.50. The molecule has 0 spiro atoms. The molecule has 1 N–H and O–H groups in total. The number of rotatable bonds is 7. The van der Waals surface area contributed by atoms with E-state index in [1.54, 1.807) is 24.1 Å². The van der Waals surface area contributed by atoms with Crippen LogP contribution < -0.4 is 5.48 Å². The van der Waals surface area contributed by atoms with Gasteiger partial charge in [-0.15, -0.1) is 0 Å². The van der Waals surface area contributed by atoms with Gasteiger partial charge in [-0.05, 0) is 43.3 Å². The molecule has 6 nitrogen and oxygen atoms in total. The second kappa shape index (κ2) is 7.89. The number of aromatic nitrogens is 4. The molecule has 0 atom stereocenters. The smallest absolute Gasteiger partial charge is 0.125 e. The number of nitrogens with zero attached hydrogens (tertiary/aromatic N) is 4. The van der Waals surface area contributed by atoms with Gasteiger partial charge in [-0.1, -0.05) is 18.7 Å². The zero-order valence-electron chi connectivity index (χ0n) is 16.4. The van der Waals surface area contributed by atoms with Gasteiger partial charge in [0.15, 0.2) is 0 Å². The molecule has 29 heavy (non-hydrogen) atoms. The first kappa shape index (κ1) is 18.9. The first-order valence-corrected chi connectivity index (χ1v) is 9.37. The van der Waals surface area contributed by atoms with E-state index in [0.717, 1.165) is 34.7 Å². The molecular formula is C22H22FN5O. The van der Waals surface area contributed by atoms with E-state index >= 15 is 0 Å². The summed E-state index contributed by atoms with van der Waals surface area (Å²) >= 11 is 0. The van der Waals surface area contributed by atoms with Crippen molar-refractivity contribution in [1.82, 2.24) is 24.8 Å². The van der Waals surface area contributed by atoms with Crippen molar-refractivity contribution in [1.29, 1.82) is 0 Å². The summed E-state index contributed by atoms with van der Waals surface area (Å²) in [5, 5.41) is 4.37. The zero-order chi connectivity index (χ0) is 20.4. The molecule has 0 bridgehead atoms. The van der Waals surface area contributed by atoms with Crippen molar-refractivity contribution in [3.8, 4) is 5.69 Å². The van der Waals surface area contributed by atoms with Crippen molar-refractivity contribution in [2.75, 3.05) is 7.11 Å². The Morgan fingerprint density at radius 2 is 2.07 bits per heavy atom. The summed E-state index contributed by atoms with van der Waals surface area (Å²) < 4.78 is 17.6. The first-order valence-electron chi connectivity index (χ1n) is 9.37. The SMILES string of the molecule is C=C(NOC)c1ccc2c(c1)nc(Cc1ccnn1-c1cccc(F)c1)n2CC. The van der Waals surface area contributed by atoms with Crippen molar-refractivity contribution in [3.63, 3.8) is 0 Å². The lowest BCUT2D eigenvalue weighted by Gasteiger charge is -2.09. The third-order valence-corrected chi connectivity index (χ3v) is 4.83. The molecule has 2 heterocycles. The van der Waals surface area contributed by atoms with Crippen LogP contribution in [0.1, 0.15) is 24.0 Å². The molecule has 0 saturated heterocycles. The fourth-order valence-corrected chi connectivity index (χ4v) is 3.50. The van der Waals surface area contributed by atoms with Gasteiger partial charge in [0.1, 0.15) is 11.6 Å². The average molecular weight is 391 g/mol. The highest BCUT2D eigenvalue weighted by Gasteiger charge is 2.14. The molecule has 2 aromatic carbocycles. The molecule has 148 valence electrons. The number of nitrogens with one attached hydrogen (secondary N) is 1. The van der Waals surface area contributed by atoms with Crippen molar-refractivity contribution < 1.29 is 9.23 Å². The van der Waals surface area contributed by atoms with Crippen molar-refractivity contribution in [3.05, 3.63) is 84.2 Å². The summed E-state index contributed by atoms with van der Waals surface area (Å²) in [6.07, 6.45) is 2.29. The molecule has 4 rings (SSSR count). The van der Waals surface area contributed by atoms with Crippen molar-refractivity contribution in [2.45, 2.75) is 19.9 Å². The summed E-state index contributed by atoms with van der Waals surface area (Å²) in [6.45, 7) is 6.85. The highest BCUT2D eigenvalue weighted by atomic mass is 19.1. The summed E-state index contributed by atoms with van der Waals surface area (Å²) in [6, 6.07) is 14.4. The van der Waals surface area contributed by atoms with E-state index < -0.39 is 0 Å². The van der Waals surface area contributed by atoms with Crippen LogP contribution in [0.15, 0.2) is 61.3 Å². The first-order chi connectivity index (χ1) is 14.1. The van der Waals surface area contributed by atoms with E-state index in [9.17, 15) is 4.39 Å². The lowest BCUT2D eigenvalue weighted by molar-refractivity contribution is 0.137. The monoisotopic (exact) mass is 391 g/mol. The van der Waals surface area contributed by atoms with E-state index in [0.29, 0.717) is 17.8 Å². The summed E-state index contributed by atoms with van der Waals surface area (Å²) in [5.41, 5.74) is 7.90. The Bertz CT molecular complexity index is 1180. The van der Waals surface area contributed by atoms with Crippen LogP contribution in [0.2, 0.25) is 0 Å². The maximum atomic E-state index is 13.7. The lowest BCUT2D eigenvalue weighted by atomic mass is 10.1. The molecular weight excluding hydrogens is 369 g/mol. The van der Waals surface area contributed by atoms with Crippen molar-refractivity contribution >= 4 is 16.7 Å². The van der Waals surface area contributed by atoms with E-state index in [2.05, 4.69) is 28.6 Å². The Morgan fingerprint density at radius 1 is 1.21 bits per heavy atom. The molecule has 0 saturated carbocycles. The quantitative estimate of drug-likeness (QED) is 0.482. The number of imidazole rings is 1. The zero-order valence-corrected chi connectivity index (χ0v) is 16.4. The Balaban J connectivity index is 1.72. The van der Waals surface area contributed by atoms with Gasteiger partial charge in [-0.2, -0.15) is 5.10 Å². The topological polar surface area (TPSA) is 56.9 Å². The van der Waals surface area contributed by atoms with Gasteiger partial charge in [0.05, 0.1) is 35.2 Å². The van der Waals surface area contributed by atoms with E-state index in [4.69, 9.17) is 9.82 Å². The molecule has 0 amide bonds. The summed E-state index contributed by atoms with van der Waals surface area (Å²) in [4.78, 5) is 9.79. The number of halogens is 1. The molecule has 0 aliphatic carbocycles. The second-order valence-corrected chi connectivity index (χ2v) is 6.65. The number of hydrogen-bond acceptors (Lipinski definition) is 4. The fraction of sp³-hybridized carbons (Fsp3) is 0.182. The molecule has 0 aliphatic rings. The minimum Gasteiger partial charge on any atom is -0.328 e. The van der Waals surface area contributed by atoms with Crippen LogP contribution >= 0.6 is 0 Å². The molecule has 0 fully saturated rings. The van der Waals surface area contributed by atoms with Gasteiger partial charge in [0, 0.05) is 24.7 Å². The van der Waals surface area contributed by atoms with Gasteiger partial charge < -0.3 is 4.57 Å². The second-order valence-electron chi connectivity index (χ2n) is 6.65. The van der Waals surface area contributed by atoms with Crippen LogP contribution in [0.25, 0.3) is 22.4 Å². The molecule has 7 heteroatoms. The largest absolute Gasteiger partial charge is 0.328 e. The maximum absolute atomic E-state index is 13.7. The Morgan fingerprint density at radius 3 is 2.83 bits per heavy atom. The number of fused-ring (bicyclic) bond motifs is 1. The average Bonchev–Trinajstić information content (AvgIpc) is 3.31. The normalized spacial score (nSPS) is 11.1. The maximum Gasteiger partial charge on any atom is 0.125 e. The standard InChI is InChI=1S/C22H22FN5O/c1-4-27-21-9-8-16(15(2)26-29-3)12-20(21)25-22(27)14-19-10-11-24-28(19)18-7-5-6-17(23)13-18/h5-13,26H,2,4,14H2,1,3H3. The summed E-state index contributed by atoms with van der Waals surface area (Å²) in [5.74, 6) is 0.630. The molecule has 2 aromatic heterocycles. The van der Waals surface area contributed by atoms with E-state index in [1.807, 2.05) is 30.3 Å². The van der Waals surface area contributed by atoms with Crippen LogP contribution in [0.4, 0.5) is 4.39 Å². The number of hydrogen-bond donors (Lipinski definition) is 1. The predicted octanol–water partition coefficient (Wildman–Crippen LogP) is 4.09. The van der Waals surface area contributed by atoms with Crippen LogP contribution in [0.3, 0.4) is 0 Å². The highest BCUT2D eigenvalue weighted by molar-refractivity contribution is 5.81. The van der Waals surface area contributed by atoms with Crippen LogP contribution in [-0.4, -0.2) is 26.4 Å². The van der Waals surface area contributed by atoms with E-state index in [1.165, 1.54) is 12.1 Å². The minimum absolute atomic E-state index is 0.290. The number of aryl methyl sites for hydroxylation is 1. The van der Waals surface area contributed by atoms with Crippen LogP contribution in [0, 0.1) is 5.82 Å². The summed E-state index contributed by atoms with van der Waals surface area (Å²) in [7, 11) is 1.55. The Hall–Kier alpha value is -3.45. The third-order valence-electron chi connectivity index (χ3n) is 4.83. The van der Waals surface area contributed by atoms with Crippen LogP contribution in [-0.2, 0) is 17.8 Å². The number of hydroxylamine groups is 1. The predicted molar refractivity (Wildman–Crippen MR) is 111 cm³/mol. The molecule has 4 aromatic rings. The third kappa shape index (κ3) is 3.64.